The van der Waals surface area contributed by atoms with E-state index in [0.29, 0.717) is 6.10 Å². The van der Waals surface area contributed by atoms with E-state index in [1.54, 1.807) is 0 Å². The fraction of sp³-hybridized carbons (Fsp3) is 1.00. The van der Waals surface area contributed by atoms with E-state index in [4.69, 9.17) is 4.74 Å². The average molecular weight is 186 g/mol. The van der Waals surface area contributed by atoms with Crippen LogP contribution in [0.15, 0.2) is 0 Å². The summed E-state index contributed by atoms with van der Waals surface area (Å²) in [6, 6.07) is 0. The van der Waals surface area contributed by atoms with Crippen LogP contribution < -0.4 is 5.32 Å². The molecule has 0 bridgehead atoms. The third-order valence-electron chi connectivity index (χ3n) is 2.64. The number of likely N-dealkylation sites (tertiary alicyclic amines) is 1. The molecule has 1 rings (SSSR count). The van der Waals surface area contributed by atoms with Gasteiger partial charge in [0.2, 0.25) is 0 Å². The smallest absolute Gasteiger partial charge is 0.0710 e. The van der Waals surface area contributed by atoms with Crippen molar-refractivity contribution < 1.29 is 4.74 Å². The summed E-state index contributed by atoms with van der Waals surface area (Å²) in [6.45, 7) is 7.93. The van der Waals surface area contributed by atoms with Gasteiger partial charge in [0.05, 0.1) is 6.10 Å². The Bertz CT molecular complexity index is 130. The molecule has 0 saturated carbocycles. The number of nitrogens with one attached hydrogen (secondary N) is 1. The maximum absolute atomic E-state index is 5.31. The summed E-state index contributed by atoms with van der Waals surface area (Å²) in [5, 5.41) is 3.34. The number of hydrogen-bond acceptors (Lipinski definition) is 3. The quantitative estimate of drug-likeness (QED) is 0.618. The lowest BCUT2D eigenvalue weighted by atomic mass is 10.3. The predicted molar refractivity (Wildman–Crippen MR) is 55.0 cm³/mol. The SMILES string of the molecule is CCNCCCN1CCC(OC)C1. The zero-order valence-electron chi connectivity index (χ0n) is 8.88. The summed E-state index contributed by atoms with van der Waals surface area (Å²) in [4.78, 5) is 2.49. The molecule has 0 spiro atoms. The molecule has 1 atom stereocenters. The second-order valence-corrected chi connectivity index (χ2v) is 3.65. The van der Waals surface area contributed by atoms with Crippen LogP contribution in [-0.2, 0) is 4.74 Å². The first-order valence-corrected chi connectivity index (χ1v) is 5.32. The number of hydrogen-bond donors (Lipinski definition) is 1. The molecule has 0 aromatic carbocycles. The summed E-state index contributed by atoms with van der Waals surface area (Å²) in [5.41, 5.74) is 0. The van der Waals surface area contributed by atoms with E-state index in [-0.39, 0.29) is 0 Å². The Kier molecular flexibility index (Phi) is 5.35. The van der Waals surface area contributed by atoms with E-state index in [2.05, 4.69) is 17.1 Å². The Balaban J connectivity index is 1.97. The number of ether oxygens (including phenoxy) is 1. The number of methoxy groups -OCH3 is 1. The third kappa shape index (κ3) is 4.07. The van der Waals surface area contributed by atoms with Crippen LogP contribution in [0.4, 0.5) is 0 Å². The molecule has 0 aromatic rings. The summed E-state index contributed by atoms with van der Waals surface area (Å²) < 4.78 is 5.31. The maximum atomic E-state index is 5.31. The molecule has 1 N–H and O–H groups in total. The lowest BCUT2D eigenvalue weighted by Gasteiger charge is -2.15. The lowest BCUT2D eigenvalue weighted by Crippen LogP contribution is -2.26. The van der Waals surface area contributed by atoms with Crippen LogP contribution in [-0.4, -0.2) is 50.8 Å². The molecular weight excluding hydrogens is 164 g/mol. The van der Waals surface area contributed by atoms with Gasteiger partial charge < -0.3 is 15.0 Å². The molecule has 3 heteroatoms. The van der Waals surface area contributed by atoms with Gasteiger partial charge in [-0.05, 0) is 32.5 Å². The monoisotopic (exact) mass is 186 g/mol. The maximum Gasteiger partial charge on any atom is 0.0710 e. The average Bonchev–Trinajstić information content (AvgIpc) is 2.60. The molecule has 0 aromatic heterocycles. The Hall–Kier alpha value is -0.120. The summed E-state index contributed by atoms with van der Waals surface area (Å²) >= 11 is 0. The Morgan fingerprint density at radius 3 is 3.00 bits per heavy atom. The van der Waals surface area contributed by atoms with Crippen LogP contribution >= 0.6 is 0 Å². The van der Waals surface area contributed by atoms with Crippen molar-refractivity contribution in [2.75, 3.05) is 39.8 Å². The highest BCUT2D eigenvalue weighted by molar-refractivity contribution is 4.75. The largest absolute Gasteiger partial charge is 0.380 e. The van der Waals surface area contributed by atoms with Crippen molar-refractivity contribution in [3.05, 3.63) is 0 Å². The minimum Gasteiger partial charge on any atom is -0.380 e. The first-order valence-electron chi connectivity index (χ1n) is 5.32. The molecule has 1 heterocycles. The number of rotatable bonds is 6. The standard InChI is InChI=1S/C10H22N2O/c1-3-11-6-4-7-12-8-5-10(9-12)13-2/h10-11H,3-9H2,1-2H3. The van der Waals surface area contributed by atoms with E-state index in [9.17, 15) is 0 Å². The van der Waals surface area contributed by atoms with Crippen molar-refractivity contribution in [3.8, 4) is 0 Å². The van der Waals surface area contributed by atoms with Crippen LogP contribution in [0.3, 0.4) is 0 Å². The topological polar surface area (TPSA) is 24.5 Å². The van der Waals surface area contributed by atoms with Crippen LogP contribution in [0, 0.1) is 0 Å². The summed E-state index contributed by atoms with van der Waals surface area (Å²) in [6.07, 6.45) is 2.95. The molecule has 3 nitrogen and oxygen atoms in total. The van der Waals surface area contributed by atoms with Crippen LogP contribution in [0.2, 0.25) is 0 Å². The molecule has 1 unspecified atom stereocenters. The Labute approximate surface area is 81.4 Å². The molecule has 78 valence electrons. The second-order valence-electron chi connectivity index (χ2n) is 3.65. The first kappa shape index (κ1) is 11.0. The Morgan fingerprint density at radius 2 is 2.38 bits per heavy atom. The van der Waals surface area contributed by atoms with Crippen LogP contribution in [0.1, 0.15) is 19.8 Å². The number of nitrogens with zero attached hydrogens (tertiary/aromatic N) is 1. The van der Waals surface area contributed by atoms with E-state index >= 15 is 0 Å². The van der Waals surface area contributed by atoms with Gasteiger partial charge in [-0.3, -0.25) is 0 Å². The van der Waals surface area contributed by atoms with E-state index in [0.717, 1.165) is 19.6 Å². The highest BCUT2D eigenvalue weighted by Gasteiger charge is 2.20. The van der Waals surface area contributed by atoms with Crippen molar-refractivity contribution in [3.63, 3.8) is 0 Å². The Morgan fingerprint density at radius 1 is 1.54 bits per heavy atom. The van der Waals surface area contributed by atoms with Gasteiger partial charge >= 0.3 is 0 Å². The van der Waals surface area contributed by atoms with Gasteiger partial charge in [0.1, 0.15) is 0 Å². The molecule has 0 radical (unpaired) electrons. The van der Waals surface area contributed by atoms with Crippen molar-refractivity contribution >= 4 is 0 Å². The molecule has 0 aliphatic carbocycles. The fourth-order valence-corrected chi connectivity index (χ4v) is 1.80. The third-order valence-corrected chi connectivity index (χ3v) is 2.64. The van der Waals surface area contributed by atoms with Gasteiger partial charge in [0.25, 0.3) is 0 Å². The molecule has 1 aliphatic heterocycles. The van der Waals surface area contributed by atoms with Gasteiger partial charge in [0.15, 0.2) is 0 Å². The summed E-state index contributed by atoms with van der Waals surface area (Å²) in [5.74, 6) is 0. The highest BCUT2D eigenvalue weighted by atomic mass is 16.5. The molecule has 1 saturated heterocycles. The van der Waals surface area contributed by atoms with Crippen molar-refractivity contribution in [2.45, 2.75) is 25.9 Å². The minimum absolute atomic E-state index is 0.485. The molecule has 13 heavy (non-hydrogen) atoms. The van der Waals surface area contributed by atoms with Gasteiger partial charge in [-0.1, -0.05) is 6.92 Å². The lowest BCUT2D eigenvalue weighted by molar-refractivity contribution is 0.108. The summed E-state index contributed by atoms with van der Waals surface area (Å²) in [7, 11) is 1.81. The van der Waals surface area contributed by atoms with Crippen molar-refractivity contribution in [1.82, 2.24) is 10.2 Å². The van der Waals surface area contributed by atoms with Gasteiger partial charge in [-0.25, -0.2) is 0 Å². The zero-order chi connectivity index (χ0) is 9.52. The van der Waals surface area contributed by atoms with Crippen LogP contribution in [0.25, 0.3) is 0 Å². The second kappa shape index (κ2) is 6.35. The van der Waals surface area contributed by atoms with Gasteiger partial charge in [-0.15, -0.1) is 0 Å². The predicted octanol–water partition coefficient (Wildman–Crippen LogP) is 0.707. The van der Waals surface area contributed by atoms with Crippen molar-refractivity contribution in [2.24, 2.45) is 0 Å². The molecular formula is C10H22N2O. The first-order chi connectivity index (χ1) is 6.36. The molecule has 1 fully saturated rings. The van der Waals surface area contributed by atoms with Gasteiger partial charge in [0, 0.05) is 20.2 Å². The van der Waals surface area contributed by atoms with Crippen LogP contribution in [0.5, 0.6) is 0 Å². The fourth-order valence-electron chi connectivity index (χ4n) is 1.80. The molecule has 0 amide bonds. The van der Waals surface area contributed by atoms with Gasteiger partial charge in [-0.2, -0.15) is 0 Å². The molecule has 1 aliphatic rings. The zero-order valence-corrected chi connectivity index (χ0v) is 8.88. The highest BCUT2D eigenvalue weighted by Crippen LogP contribution is 2.11. The normalized spacial score (nSPS) is 24.0. The minimum atomic E-state index is 0.485. The van der Waals surface area contributed by atoms with Crippen molar-refractivity contribution in [1.29, 1.82) is 0 Å². The van der Waals surface area contributed by atoms with E-state index in [1.807, 2.05) is 7.11 Å². The van der Waals surface area contributed by atoms with E-state index in [1.165, 1.54) is 25.9 Å². The van der Waals surface area contributed by atoms with E-state index < -0.39 is 0 Å².